The minimum absolute atomic E-state index is 0.0874. The fourth-order valence-corrected chi connectivity index (χ4v) is 2.16. The van der Waals surface area contributed by atoms with Crippen LogP contribution in [0, 0.1) is 0 Å². The third-order valence-electron chi connectivity index (χ3n) is 2.97. The Balaban J connectivity index is 2.50. The Bertz CT molecular complexity index is 600. The van der Waals surface area contributed by atoms with Crippen LogP contribution in [0.4, 0.5) is 13.2 Å². The molecule has 0 saturated carbocycles. The minimum Gasteiger partial charge on any atom is -0.328 e. The summed E-state index contributed by atoms with van der Waals surface area (Å²) in [6, 6.07) is 7.07. The molecule has 2 rings (SSSR count). The van der Waals surface area contributed by atoms with E-state index >= 15 is 0 Å². The van der Waals surface area contributed by atoms with Crippen molar-refractivity contribution in [2.75, 3.05) is 0 Å². The topological polar surface area (TPSA) is 43.8 Å². The van der Waals surface area contributed by atoms with Crippen molar-refractivity contribution in [2.45, 2.75) is 25.6 Å². The fraction of sp³-hybridized carbons (Fsp3) is 0.357. The maximum absolute atomic E-state index is 13.0. The van der Waals surface area contributed by atoms with E-state index < -0.39 is 11.7 Å². The molecule has 2 N–H and O–H groups in total. The molecule has 1 aromatic heterocycles. The molecule has 20 heavy (non-hydrogen) atoms. The van der Waals surface area contributed by atoms with Gasteiger partial charge in [0.25, 0.3) is 0 Å². The van der Waals surface area contributed by atoms with Gasteiger partial charge in [-0.25, -0.2) is 0 Å². The zero-order valence-corrected chi connectivity index (χ0v) is 11.3. The predicted molar refractivity (Wildman–Crippen MR) is 71.0 cm³/mol. The molecule has 1 heterocycles. The van der Waals surface area contributed by atoms with E-state index in [1.807, 2.05) is 6.92 Å². The molecule has 0 saturated heterocycles. The van der Waals surface area contributed by atoms with Crippen molar-refractivity contribution >= 4 is 0 Å². The monoisotopic (exact) mass is 283 g/mol. The Morgan fingerprint density at radius 3 is 2.55 bits per heavy atom. The molecule has 0 radical (unpaired) electrons. The number of alkyl halides is 3. The van der Waals surface area contributed by atoms with Crippen LogP contribution in [-0.4, -0.2) is 15.8 Å². The average Bonchev–Trinajstić information content (AvgIpc) is 2.68. The fourth-order valence-electron chi connectivity index (χ4n) is 2.16. The van der Waals surface area contributed by atoms with Crippen LogP contribution in [0.5, 0.6) is 0 Å². The molecule has 0 bridgehead atoms. The van der Waals surface area contributed by atoms with Crippen molar-refractivity contribution in [1.29, 1.82) is 0 Å². The van der Waals surface area contributed by atoms with E-state index in [4.69, 9.17) is 5.73 Å². The largest absolute Gasteiger partial charge is 0.417 e. The first-order valence-corrected chi connectivity index (χ1v) is 6.24. The van der Waals surface area contributed by atoms with E-state index in [0.717, 1.165) is 6.07 Å². The van der Waals surface area contributed by atoms with Crippen LogP contribution in [0.3, 0.4) is 0 Å². The molecule has 0 aliphatic heterocycles. The van der Waals surface area contributed by atoms with E-state index in [0.29, 0.717) is 17.8 Å². The highest BCUT2D eigenvalue weighted by Crippen LogP contribution is 2.36. The van der Waals surface area contributed by atoms with Gasteiger partial charge in [-0.15, -0.1) is 0 Å². The highest BCUT2D eigenvalue weighted by molar-refractivity contribution is 5.65. The van der Waals surface area contributed by atoms with Gasteiger partial charge in [-0.1, -0.05) is 18.2 Å². The summed E-state index contributed by atoms with van der Waals surface area (Å²) in [5, 5.41) is 4.22. The van der Waals surface area contributed by atoms with E-state index in [1.165, 1.54) is 16.8 Å². The molecular formula is C14H16F3N3. The molecule has 0 spiro atoms. The molecule has 1 unspecified atom stereocenters. The maximum atomic E-state index is 13.0. The third kappa shape index (κ3) is 3.01. The Morgan fingerprint density at radius 1 is 1.30 bits per heavy atom. The molecule has 108 valence electrons. The molecule has 1 atom stereocenters. The second kappa shape index (κ2) is 5.28. The Hall–Kier alpha value is -1.82. The van der Waals surface area contributed by atoms with Crippen LogP contribution >= 0.6 is 0 Å². The Labute approximate surface area is 115 Å². The van der Waals surface area contributed by atoms with E-state index in [2.05, 4.69) is 5.10 Å². The SMILES string of the molecule is CC(N)Cc1cc(-c2ccccc2C(F)(F)F)n(C)n1. The summed E-state index contributed by atoms with van der Waals surface area (Å²) in [5.41, 5.74) is 6.29. The van der Waals surface area contributed by atoms with Gasteiger partial charge in [0, 0.05) is 25.1 Å². The van der Waals surface area contributed by atoms with E-state index in [1.54, 1.807) is 19.2 Å². The molecule has 3 nitrogen and oxygen atoms in total. The van der Waals surface area contributed by atoms with Gasteiger partial charge in [0.15, 0.2) is 0 Å². The van der Waals surface area contributed by atoms with Gasteiger partial charge in [0.2, 0.25) is 0 Å². The van der Waals surface area contributed by atoms with Crippen LogP contribution in [0.15, 0.2) is 30.3 Å². The quantitative estimate of drug-likeness (QED) is 0.941. The molecule has 0 fully saturated rings. The summed E-state index contributed by atoms with van der Waals surface area (Å²) >= 11 is 0. The van der Waals surface area contributed by atoms with Gasteiger partial charge in [-0.2, -0.15) is 18.3 Å². The van der Waals surface area contributed by atoms with E-state index in [-0.39, 0.29) is 11.6 Å². The summed E-state index contributed by atoms with van der Waals surface area (Å²) < 4.78 is 40.6. The van der Waals surface area contributed by atoms with Crippen LogP contribution in [-0.2, 0) is 19.6 Å². The smallest absolute Gasteiger partial charge is 0.328 e. The summed E-state index contributed by atoms with van der Waals surface area (Å²) in [7, 11) is 1.63. The van der Waals surface area contributed by atoms with Crippen LogP contribution < -0.4 is 5.73 Å². The first-order chi connectivity index (χ1) is 9.29. The van der Waals surface area contributed by atoms with Crippen molar-refractivity contribution in [3.05, 3.63) is 41.6 Å². The summed E-state index contributed by atoms with van der Waals surface area (Å²) in [5.74, 6) is 0. The Morgan fingerprint density at radius 2 is 1.95 bits per heavy atom. The van der Waals surface area contributed by atoms with Crippen LogP contribution in [0.2, 0.25) is 0 Å². The van der Waals surface area contributed by atoms with Gasteiger partial charge < -0.3 is 5.73 Å². The minimum atomic E-state index is -4.39. The van der Waals surface area contributed by atoms with Crippen molar-refractivity contribution < 1.29 is 13.2 Å². The predicted octanol–water partition coefficient (Wildman–Crippen LogP) is 3.00. The first kappa shape index (κ1) is 14.6. The number of rotatable bonds is 3. The zero-order chi connectivity index (χ0) is 14.9. The standard InChI is InChI=1S/C14H16F3N3/c1-9(18)7-10-8-13(20(2)19-10)11-5-3-4-6-12(11)14(15,16)17/h3-6,8-9H,7,18H2,1-2H3. The maximum Gasteiger partial charge on any atom is 0.417 e. The lowest BCUT2D eigenvalue weighted by Gasteiger charge is -2.12. The Kier molecular flexibility index (Phi) is 3.85. The zero-order valence-electron chi connectivity index (χ0n) is 11.3. The van der Waals surface area contributed by atoms with Crippen LogP contribution in [0.25, 0.3) is 11.3 Å². The number of nitrogens with two attached hydrogens (primary N) is 1. The molecular weight excluding hydrogens is 267 g/mol. The highest BCUT2D eigenvalue weighted by atomic mass is 19.4. The summed E-state index contributed by atoms with van der Waals surface area (Å²) in [6.07, 6.45) is -3.86. The lowest BCUT2D eigenvalue weighted by Crippen LogP contribution is -2.18. The van der Waals surface area contributed by atoms with Gasteiger partial charge in [0.05, 0.1) is 17.0 Å². The van der Waals surface area contributed by atoms with Crippen molar-refractivity contribution in [3.63, 3.8) is 0 Å². The summed E-state index contributed by atoms with van der Waals surface area (Å²) in [4.78, 5) is 0. The highest BCUT2D eigenvalue weighted by Gasteiger charge is 2.34. The van der Waals surface area contributed by atoms with Gasteiger partial charge >= 0.3 is 6.18 Å². The molecule has 0 amide bonds. The molecule has 6 heteroatoms. The number of nitrogens with zero attached hydrogens (tertiary/aromatic N) is 2. The number of hydrogen-bond acceptors (Lipinski definition) is 2. The molecule has 1 aromatic carbocycles. The van der Waals surface area contributed by atoms with Gasteiger partial charge in [-0.3, -0.25) is 4.68 Å². The average molecular weight is 283 g/mol. The summed E-state index contributed by atoms with van der Waals surface area (Å²) in [6.45, 7) is 1.83. The van der Waals surface area contributed by atoms with Gasteiger partial charge in [0.1, 0.15) is 0 Å². The number of halogens is 3. The lowest BCUT2D eigenvalue weighted by molar-refractivity contribution is -0.137. The molecule has 0 aliphatic carbocycles. The third-order valence-corrected chi connectivity index (χ3v) is 2.97. The van der Waals surface area contributed by atoms with Crippen molar-refractivity contribution in [1.82, 2.24) is 9.78 Å². The number of aryl methyl sites for hydroxylation is 1. The molecule has 2 aromatic rings. The number of aromatic nitrogens is 2. The van der Waals surface area contributed by atoms with Crippen molar-refractivity contribution in [3.8, 4) is 11.3 Å². The normalized spacial score (nSPS) is 13.5. The van der Waals surface area contributed by atoms with Crippen LogP contribution in [0.1, 0.15) is 18.2 Å². The van der Waals surface area contributed by atoms with E-state index in [9.17, 15) is 13.2 Å². The van der Waals surface area contributed by atoms with Crippen molar-refractivity contribution in [2.24, 2.45) is 12.8 Å². The molecule has 0 aliphatic rings. The second-order valence-corrected chi connectivity index (χ2v) is 4.87. The first-order valence-electron chi connectivity index (χ1n) is 6.24. The lowest BCUT2D eigenvalue weighted by atomic mass is 10.0. The van der Waals surface area contributed by atoms with Gasteiger partial charge in [-0.05, 0) is 19.1 Å². The number of hydrogen-bond donors (Lipinski definition) is 1. The second-order valence-electron chi connectivity index (χ2n) is 4.87. The number of benzene rings is 1.